The van der Waals surface area contributed by atoms with Crippen LogP contribution in [0.1, 0.15) is 12.0 Å². The average molecular weight is 303 g/mol. The van der Waals surface area contributed by atoms with Crippen molar-refractivity contribution < 1.29 is 4.79 Å². The Labute approximate surface area is 94.1 Å². The molecule has 0 heterocycles. The molecule has 0 atom stereocenters. The molecule has 1 aromatic carbocycles. The molecule has 0 spiro atoms. The Hall–Kier alpha value is -0.410. The highest BCUT2D eigenvalue weighted by Gasteiger charge is 1.94. The van der Waals surface area contributed by atoms with Crippen LogP contribution in [-0.2, 0) is 4.79 Å². The molecule has 0 aliphatic carbocycles. The van der Waals surface area contributed by atoms with Gasteiger partial charge in [0.1, 0.15) is 0 Å². The lowest BCUT2D eigenvalue weighted by molar-refractivity contribution is 0.556. The summed E-state index contributed by atoms with van der Waals surface area (Å²) < 4.78 is 2.02. The number of allylic oxidation sites excluding steroid dienone is 1. The lowest BCUT2D eigenvalue weighted by Gasteiger charge is -1.97. The van der Waals surface area contributed by atoms with Gasteiger partial charge in [0.15, 0.2) is 0 Å². The van der Waals surface area contributed by atoms with Gasteiger partial charge in [-0.05, 0) is 49.6 Å². The molecule has 0 saturated carbocycles. The molecule has 1 radical (unpaired) electrons. The maximum absolute atomic E-state index is 9.92. The van der Waals surface area contributed by atoms with Crippen LogP contribution in [0, 0.1) is 0 Å². The Bertz CT molecular complexity index is 332. The van der Waals surface area contributed by atoms with Crippen molar-refractivity contribution in [3.8, 4) is 0 Å². The maximum atomic E-state index is 9.92. The Morgan fingerprint density at radius 2 is 2.08 bits per heavy atom. The summed E-state index contributed by atoms with van der Waals surface area (Å²) in [5.74, 6) is 0. The second-order valence-electron chi connectivity index (χ2n) is 2.42. The zero-order valence-corrected chi connectivity index (χ0v) is 9.93. The Balaban J connectivity index is 2.79. The lowest BCUT2D eigenvalue weighted by atomic mass is 10.2. The number of carbonyl (C=O) groups excluding carboxylic acids is 1. The Morgan fingerprint density at radius 1 is 1.31 bits per heavy atom. The molecule has 3 heteroatoms. The van der Waals surface area contributed by atoms with E-state index in [1.54, 1.807) is 12.4 Å². The topological polar surface area (TPSA) is 17.1 Å². The summed E-state index contributed by atoms with van der Waals surface area (Å²) in [5.41, 5.74) is 1.06. The van der Waals surface area contributed by atoms with E-state index >= 15 is 0 Å². The lowest BCUT2D eigenvalue weighted by Crippen LogP contribution is -1.74. The maximum Gasteiger partial charge on any atom is 0.202 e. The molecule has 0 fully saturated rings. The molecule has 1 aromatic rings. The van der Waals surface area contributed by atoms with Crippen molar-refractivity contribution in [1.82, 2.24) is 0 Å². The van der Waals surface area contributed by atoms with Crippen LogP contribution in [0.4, 0.5) is 0 Å². The van der Waals surface area contributed by atoms with Gasteiger partial charge < -0.3 is 0 Å². The molecule has 0 aliphatic rings. The van der Waals surface area contributed by atoms with Crippen molar-refractivity contribution in [2.24, 2.45) is 0 Å². The van der Waals surface area contributed by atoms with E-state index in [0.717, 1.165) is 14.5 Å². The van der Waals surface area contributed by atoms with E-state index in [2.05, 4.69) is 31.9 Å². The van der Waals surface area contributed by atoms with Crippen molar-refractivity contribution >= 4 is 44.2 Å². The zero-order chi connectivity index (χ0) is 9.68. The SMILES string of the molecule is O=[C]C/C=C/c1ccc(Br)c(Br)c1. The second-order valence-corrected chi connectivity index (χ2v) is 4.13. The highest BCUT2D eigenvalue weighted by molar-refractivity contribution is 9.13. The fraction of sp³-hybridized carbons (Fsp3) is 0.100. The highest BCUT2D eigenvalue weighted by atomic mass is 79.9. The minimum Gasteiger partial charge on any atom is -0.291 e. The van der Waals surface area contributed by atoms with Crippen LogP contribution in [-0.4, -0.2) is 6.29 Å². The van der Waals surface area contributed by atoms with E-state index in [9.17, 15) is 4.79 Å². The first kappa shape index (κ1) is 10.7. The standard InChI is InChI=1S/C10H7Br2O/c11-9-5-4-8(7-10(9)12)3-1-2-6-13/h1,3-5,7H,2H2/b3-1+. The van der Waals surface area contributed by atoms with Crippen molar-refractivity contribution in [3.05, 3.63) is 38.8 Å². The number of halogens is 2. The first-order chi connectivity index (χ1) is 6.24. The highest BCUT2D eigenvalue weighted by Crippen LogP contribution is 2.24. The molecular weight excluding hydrogens is 296 g/mol. The quantitative estimate of drug-likeness (QED) is 0.831. The second kappa shape index (κ2) is 5.35. The monoisotopic (exact) mass is 301 g/mol. The van der Waals surface area contributed by atoms with Crippen LogP contribution in [0.5, 0.6) is 0 Å². The molecule has 0 amide bonds. The van der Waals surface area contributed by atoms with Crippen LogP contribution in [0.25, 0.3) is 6.08 Å². The van der Waals surface area contributed by atoms with E-state index in [0.29, 0.717) is 6.42 Å². The number of hydrogen-bond donors (Lipinski definition) is 0. The summed E-state index contributed by atoms with van der Waals surface area (Å²) in [4.78, 5) is 9.92. The van der Waals surface area contributed by atoms with Crippen molar-refractivity contribution in [1.29, 1.82) is 0 Å². The van der Waals surface area contributed by atoms with Gasteiger partial charge in [-0.3, -0.25) is 4.79 Å². The minimum atomic E-state index is 0.341. The van der Waals surface area contributed by atoms with Crippen LogP contribution < -0.4 is 0 Å². The van der Waals surface area contributed by atoms with Gasteiger partial charge in [-0.15, -0.1) is 0 Å². The van der Waals surface area contributed by atoms with Gasteiger partial charge in [0.25, 0.3) is 0 Å². The van der Waals surface area contributed by atoms with Gasteiger partial charge in [0.05, 0.1) is 0 Å². The molecule has 0 aliphatic heterocycles. The molecule has 1 rings (SSSR count). The van der Waals surface area contributed by atoms with Crippen molar-refractivity contribution in [2.45, 2.75) is 6.42 Å². The molecule has 13 heavy (non-hydrogen) atoms. The molecule has 1 nitrogen and oxygen atoms in total. The van der Waals surface area contributed by atoms with E-state index in [-0.39, 0.29) is 0 Å². The molecule has 0 saturated heterocycles. The third kappa shape index (κ3) is 3.44. The fourth-order valence-electron chi connectivity index (χ4n) is 0.859. The van der Waals surface area contributed by atoms with Gasteiger partial charge in [-0.2, -0.15) is 0 Å². The molecule has 0 N–H and O–H groups in total. The van der Waals surface area contributed by atoms with Gasteiger partial charge in [0, 0.05) is 15.4 Å². The molecule has 0 unspecified atom stereocenters. The number of benzene rings is 1. The van der Waals surface area contributed by atoms with Crippen LogP contribution in [0.3, 0.4) is 0 Å². The van der Waals surface area contributed by atoms with Gasteiger partial charge in [0.2, 0.25) is 6.29 Å². The number of hydrogen-bond acceptors (Lipinski definition) is 1. The van der Waals surface area contributed by atoms with E-state index < -0.39 is 0 Å². The van der Waals surface area contributed by atoms with E-state index in [4.69, 9.17) is 0 Å². The zero-order valence-electron chi connectivity index (χ0n) is 6.76. The average Bonchev–Trinajstić information content (AvgIpc) is 2.12. The first-order valence-corrected chi connectivity index (χ1v) is 5.29. The smallest absolute Gasteiger partial charge is 0.202 e. The van der Waals surface area contributed by atoms with Gasteiger partial charge in [-0.1, -0.05) is 18.2 Å². The summed E-state index contributed by atoms with van der Waals surface area (Å²) in [6.45, 7) is 0. The van der Waals surface area contributed by atoms with Crippen LogP contribution in [0.2, 0.25) is 0 Å². The summed E-state index contributed by atoms with van der Waals surface area (Å²) in [6, 6.07) is 5.90. The normalized spacial score (nSPS) is 10.6. The number of rotatable bonds is 3. The summed E-state index contributed by atoms with van der Waals surface area (Å²) in [5, 5.41) is 0. The predicted octanol–water partition coefficient (Wildman–Crippen LogP) is 3.72. The summed E-state index contributed by atoms with van der Waals surface area (Å²) in [7, 11) is 0. The Kier molecular flexibility index (Phi) is 4.39. The van der Waals surface area contributed by atoms with Crippen LogP contribution >= 0.6 is 31.9 Å². The summed E-state index contributed by atoms with van der Waals surface area (Å²) in [6.07, 6.45) is 5.82. The molecule has 0 aromatic heterocycles. The molecular formula is C10H7Br2O. The minimum absolute atomic E-state index is 0.341. The van der Waals surface area contributed by atoms with Crippen molar-refractivity contribution in [2.75, 3.05) is 0 Å². The van der Waals surface area contributed by atoms with Crippen molar-refractivity contribution in [3.63, 3.8) is 0 Å². The predicted molar refractivity (Wildman–Crippen MR) is 61.2 cm³/mol. The van der Waals surface area contributed by atoms with Gasteiger partial charge in [-0.25, -0.2) is 0 Å². The fourth-order valence-corrected chi connectivity index (χ4v) is 1.50. The molecule has 67 valence electrons. The Morgan fingerprint density at radius 3 is 2.69 bits per heavy atom. The van der Waals surface area contributed by atoms with E-state index in [1.807, 2.05) is 24.3 Å². The summed E-state index contributed by atoms with van der Waals surface area (Å²) >= 11 is 6.77. The third-order valence-electron chi connectivity index (χ3n) is 1.46. The van der Waals surface area contributed by atoms with E-state index in [1.165, 1.54) is 0 Å². The third-order valence-corrected chi connectivity index (χ3v) is 3.33. The largest absolute Gasteiger partial charge is 0.291 e. The van der Waals surface area contributed by atoms with Crippen LogP contribution in [0.15, 0.2) is 33.2 Å². The van der Waals surface area contributed by atoms with Gasteiger partial charge >= 0.3 is 0 Å². The molecule has 0 bridgehead atoms. The first-order valence-electron chi connectivity index (χ1n) is 3.70.